The lowest BCUT2D eigenvalue weighted by atomic mass is 10.1. The molecule has 1 saturated heterocycles. The summed E-state index contributed by atoms with van der Waals surface area (Å²) in [6.07, 6.45) is 3.86. The summed E-state index contributed by atoms with van der Waals surface area (Å²) < 4.78 is 5.58. The van der Waals surface area contributed by atoms with Crippen molar-refractivity contribution in [2.75, 3.05) is 18.5 Å². The third kappa shape index (κ3) is 4.65. The average molecular weight is 262 g/mol. The molecule has 0 aromatic heterocycles. The molecule has 1 amide bonds. The number of carbonyl (C=O) groups is 1. The smallest absolute Gasteiger partial charge is 0.221 e. The quantitative estimate of drug-likeness (QED) is 0.773. The van der Waals surface area contributed by atoms with Gasteiger partial charge in [-0.2, -0.15) is 0 Å². The van der Waals surface area contributed by atoms with Gasteiger partial charge in [-0.05, 0) is 37.4 Å². The lowest BCUT2D eigenvalue weighted by Gasteiger charge is -2.12. The van der Waals surface area contributed by atoms with E-state index in [0.717, 1.165) is 37.4 Å². The molecule has 1 aromatic rings. The number of carbonyl (C=O) groups excluding carboxylic acids is 1. The lowest BCUT2D eigenvalue weighted by molar-refractivity contribution is -0.114. The van der Waals surface area contributed by atoms with Gasteiger partial charge in [-0.1, -0.05) is 18.2 Å². The van der Waals surface area contributed by atoms with Crippen LogP contribution in [0.5, 0.6) is 0 Å². The first-order valence-electron chi connectivity index (χ1n) is 6.93. The van der Waals surface area contributed by atoms with Gasteiger partial charge in [-0.25, -0.2) is 0 Å². The second-order valence-corrected chi connectivity index (χ2v) is 4.94. The van der Waals surface area contributed by atoms with Crippen molar-refractivity contribution in [1.29, 1.82) is 0 Å². The third-order valence-electron chi connectivity index (χ3n) is 3.31. The normalized spacial score (nSPS) is 18.5. The van der Waals surface area contributed by atoms with Crippen molar-refractivity contribution in [2.45, 2.75) is 38.8 Å². The minimum Gasteiger partial charge on any atom is -0.378 e. The van der Waals surface area contributed by atoms with Gasteiger partial charge >= 0.3 is 0 Å². The molecule has 1 atom stereocenters. The zero-order chi connectivity index (χ0) is 13.5. The fourth-order valence-corrected chi connectivity index (χ4v) is 2.34. The van der Waals surface area contributed by atoms with Gasteiger partial charge in [0.2, 0.25) is 5.91 Å². The minimum atomic E-state index is -0.0354. The Balaban J connectivity index is 1.76. The van der Waals surface area contributed by atoms with Gasteiger partial charge in [0.1, 0.15) is 0 Å². The van der Waals surface area contributed by atoms with Crippen LogP contribution in [-0.2, 0) is 16.1 Å². The summed E-state index contributed by atoms with van der Waals surface area (Å²) in [6, 6.07) is 7.88. The van der Waals surface area contributed by atoms with E-state index in [2.05, 4.69) is 10.6 Å². The Morgan fingerprint density at radius 1 is 1.42 bits per heavy atom. The van der Waals surface area contributed by atoms with Crippen LogP contribution in [0, 0.1) is 0 Å². The number of para-hydroxylation sites is 1. The highest BCUT2D eigenvalue weighted by Gasteiger charge is 2.14. The summed E-state index contributed by atoms with van der Waals surface area (Å²) in [5, 5.41) is 6.26. The summed E-state index contributed by atoms with van der Waals surface area (Å²) >= 11 is 0. The van der Waals surface area contributed by atoms with Crippen molar-refractivity contribution in [2.24, 2.45) is 0 Å². The van der Waals surface area contributed by atoms with Gasteiger partial charge < -0.3 is 15.4 Å². The predicted molar refractivity (Wildman–Crippen MR) is 76.0 cm³/mol. The van der Waals surface area contributed by atoms with Crippen LogP contribution in [0.4, 0.5) is 5.69 Å². The van der Waals surface area contributed by atoms with Crippen LogP contribution < -0.4 is 10.6 Å². The number of anilines is 1. The molecule has 4 heteroatoms. The van der Waals surface area contributed by atoms with Crippen molar-refractivity contribution in [3.05, 3.63) is 29.8 Å². The number of amides is 1. The molecular weight excluding hydrogens is 240 g/mol. The Morgan fingerprint density at radius 2 is 2.26 bits per heavy atom. The van der Waals surface area contributed by atoms with Crippen molar-refractivity contribution in [3.8, 4) is 0 Å². The third-order valence-corrected chi connectivity index (χ3v) is 3.31. The molecule has 0 radical (unpaired) electrons. The highest BCUT2D eigenvalue weighted by molar-refractivity contribution is 5.89. The Morgan fingerprint density at radius 3 is 3.00 bits per heavy atom. The van der Waals surface area contributed by atoms with Crippen LogP contribution in [-0.4, -0.2) is 25.2 Å². The van der Waals surface area contributed by atoms with Crippen LogP contribution in [0.25, 0.3) is 0 Å². The molecule has 0 saturated carbocycles. The topological polar surface area (TPSA) is 50.4 Å². The van der Waals surface area contributed by atoms with E-state index in [1.807, 2.05) is 24.3 Å². The zero-order valence-corrected chi connectivity index (χ0v) is 11.4. The van der Waals surface area contributed by atoms with Crippen LogP contribution in [0.15, 0.2) is 24.3 Å². The number of hydrogen-bond donors (Lipinski definition) is 2. The highest BCUT2D eigenvalue weighted by atomic mass is 16.5. The van der Waals surface area contributed by atoms with Gasteiger partial charge in [0, 0.05) is 25.8 Å². The maximum Gasteiger partial charge on any atom is 0.221 e. The number of rotatable bonds is 6. The molecule has 1 aliphatic rings. The van der Waals surface area contributed by atoms with Crippen molar-refractivity contribution in [1.82, 2.24) is 5.32 Å². The Labute approximate surface area is 114 Å². The first-order valence-corrected chi connectivity index (χ1v) is 6.93. The molecule has 0 bridgehead atoms. The lowest BCUT2D eigenvalue weighted by Crippen LogP contribution is -2.20. The first-order chi connectivity index (χ1) is 9.25. The average Bonchev–Trinajstić information content (AvgIpc) is 2.89. The van der Waals surface area contributed by atoms with Crippen LogP contribution in [0.2, 0.25) is 0 Å². The van der Waals surface area contributed by atoms with Gasteiger partial charge in [0.25, 0.3) is 0 Å². The Kier molecular flexibility index (Phi) is 5.36. The fraction of sp³-hybridized carbons (Fsp3) is 0.533. The fourth-order valence-electron chi connectivity index (χ4n) is 2.34. The molecule has 1 aromatic carbocycles. The molecule has 1 fully saturated rings. The standard InChI is InChI=1S/C15H22N2O2/c1-12(18)17-15-7-3-2-5-13(15)11-16-9-8-14-6-4-10-19-14/h2-3,5,7,14,16H,4,6,8-11H2,1H3,(H,17,18). The molecular formula is C15H22N2O2. The molecule has 0 spiro atoms. The van der Waals surface area contributed by atoms with Gasteiger partial charge in [-0.15, -0.1) is 0 Å². The van der Waals surface area contributed by atoms with E-state index in [9.17, 15) is 4.79 Å². The molecule has 1 unspecified atom stereocenters. The van der Waals surface area contributed by atoms with E-state index in [1.54, 1.807) is 0 Å². The van der Waals surface area contributed by atoms with Gasteiger partial charge in [0.05, 0.1) is 6.10 Å². The molecule has 1 heterocycles. The minimum absolute atomic E-state index is 0.0354. The van der Waals surface area contributed by atoms with Crippen molar-refractivity contribution in [3.63, 3.8) is 0 Å². The number of nitrogens with one attached hydrogen (secondary N) is 2. The van der Waals surface area contributed by atoms with Crippen LogP contribution in [0.3, 0.4) is 0 Å². The molecule has 0 aliphatic carbocycles. The first kappa shape index (κ1) is 14.0. The van der Waals surface area contributed by atoms with Crippen molar-refractivity contribution >= 4 is 11.6 Å². The molecule has 4 nitrogen and oxygen atoms in total. The summed E-state index contributed by atoms with van der Waals surface area (Å²) in [5.74, 6) is -0.0354. The highest BCUT2D eigenvalue weighted by Crippen LogP contribution is 2.16. The molecule has 2 N–H and O–H groups in total. The second-order valence-electron chi connectivity index (χ2n) is 4.94. The summed E-state index contributed by atoms with van der Waals surface area (Å²) in [4.78, 5) is 11.1. The zero-order valence-electron chi connectivity index (χ0n) is 11.4. The predicted octanol–water partition coefficient (Wildman–Crippen LogP) is 2.30. The molecule has 104 valence electrons. The monoisotopic (exact) mass is 262 g/mol. The van der Waals surface area contributed by atoms with Crippen molar-refractivity contribution < 1.29 is 9.53 Å². The van der Waals surface area contributed by atoms with E-state index >= 15 is 0 Å². The SMILES string of the molecule is CC(=O)Nc1ccccc1CNCCC1CCCO1. The van der Waals surface area contributed by atoms with E-state index in [0.29, 0.717) is 6.10 Å². The number of hydrogen-bond acceptors (Lipinski definition) is 3. The van der Waals surface area contributed by atoms with Gasteiger partial charge in [-0.3, -0.25) is 4.79 Å². The number of benzene rings is 1. The summed E-state index contributed by atoms with van der Waals surface area (Å²) in [7, 11) is 0. The molecule has 1 aliphatic heterocycles. The summed E-state index contributed by atoms with van der Waals surface area (Å²) in [6.45, 7) is 4.15. The maximum atomic E-state index is 11.1. The van der Waals surface area contributed by atoms with E-state index in [-0.39, 0.29) is 5.91 Å². The Bertz CT molecular complexity index is 414. The van der Waals surface area contributed by atoms with Crippen LogP contribution in [0.1, 0.15) is 31.7 Å². The largest absolute Gasteiger partial charge is 0.378 e. The van der Waals surface area contributed by atoms with E-state index in [1.165, 1.54) is 19.8 Å². The molecule has 2 rings (SSSR count). The summed E-state index contributed by atoms with van der Waals surface area (Å²) in [5.41, 5.74) is 2.00. The van der Waals surface area contributed by atoms with E-state index < -0.39 is 0 Å². The molecule has 19 heavy (non-hydrogen) atoms. The van der Waals surface area contributed by atoms with E-state index in [4.69, 9.17) is 4.74 Å². The maximum absolute atomic E-state index is 11.1. The number of ether oxygens (including phenoxy) is 1. The van der Waals surface area contributed by atoms with Crippen LogP contribution >= 0.6 is 0 Å². The Hall–Kier alpha value is -1.39. The van der Waals surface area contributed by atoms with Gasteiger partial charge in [0.15, 0.2) is 0 Å². The second kappa shape index (κ2) is 7.26.